The van der Waals surface area contributed by atoms with Gasteiger partial charge >= 0.3 is 0 Å². The summed E-state index contributed by atoms with van der Waals surface area (Å²) in [6.07, 6.45) is 8.54. The van der Waals surface area contributed by atoms with Gasteiger partial charge in [-0.1, -0.05) is 112 Å². The Labute approximate surface area is 212 Å². The highest BCUT2D eigenvalue weighted by atomic mass is 19.2. The van der Waals surface area contributed by atoms with Crippen molar-refractivity contribution in [3.8, 4) is 22.3 Å². The molecule has 0 bridgehead atoms. The monoisotopic (exact) mass is 484 g/mol. The molecule has 0 saturated heterocycles. The second-order valence-corrected chi connectivity index (χ2v) is 9.15. The third kappa shape index (κ3) is 5.96. The first-order chi connectivity index (χ1) is 17.5. The summed E-state index contributed by atoms with van der Waals surface area (Å²) in [6, 6.07) is 23.3. The van der Waals surface area contributed by atoms with E-state index in [1.54, 1.807) is 42.5 Å². The minimum atomic E-state index is -0.862. The normalized spacial score (nSPS) is 11.4. The second-order valence-electron chi connectivity index (χ2n) is 9.15. The molecular formula is C33H31F3. The van der Waals surface area contributed by atoms with E-state index < -0.39 is 11.6 Å². The Morgan fingerprint density at radius 1 is 0.583 bits per heavy atom. The molecule has 4 rings (SSSR count). The molecule has 0 aromatic heterocycles. The predicted octanol–water partition coefficient (Wildman–Crippen LogP) is 9.90. The van der Waals surface area contributed by atoms with E-state index in [0.717, 1.165) is 43.2 Å². The highest BCUT2D eigenvalue weighted by molar-refractivity contribution is 5.74. The Morgan fingerprint density at radius 3 is 1.72 bits per heavy atom. The van der Waals surface area contributed by atoms with Crippen molar-refractivity contribution in [2.24, 2.45) is 0 Å². The molecule has 0 fully saturated rings. The van der Waals surface area contributed by atoms with Crippen molar-refractivity contribution in [2.45, 2.75) is 46.0 Å². The summed E-state index contributed by atoms with van der Waals surface area (Å²) in [5, 5.41) is 0. The SMILES string of the molecule is CCCCc1ccc(/C=C/c2ccc(-c3ccc(-c4ccc(CCC)cc4)c(F)c3F)cc2)c(F)c1. The average Bonchev–Trinajstić information content (AvgIpc) is 2.90. The maximum Gasteiger partial charge on any atom is 0.167 e. The Hall–Kier alpha value is -3.59. The maximum atomic E-state index is 15.0. The summed E-state index contributed by atoms with van der Waals surface area (Å²) in [6.45, 7) is 4.23. The van der Waals surface area contributed by atoms with Crippen LogP contribution in [0.15, 0.2) is 78.9 Å². The Bertz CT molecular complexity index is 1330. The Kier molecular flexibility index (Phi) is 8.43. The minimum Gasteiger partial charge on any atom is -0.206 e. The van der Waals surface area contributed by atoms with Gasteiger partial charge in [0.25, 0.3) is 0 Å². The lowest BCUT2D eigenvalue weighted by Gasteiger charge is -2.10. The molecule has 0 aliphatic rings. The van der Waals surface area contributed by atoms with E-state index >= 15 is 4.39 Å². The standard InChI is InChI=1S/C33H31F3/c1-3-5-7-25-13-19-28(31(34)22-25)18-12-24-10-16-27(17-11-24)30-21-20-29(32(35)33(30)36)26-14-8-23(6-4-2)9-15-26/h8-22H,3-7H2,1-2H3/b18-12+. The molecule has 0 heterocycles. The molecule has 0 spiro atoms. The van der Waals surface area contributed by atoms with Gasteiger partial charge in [-0.3, -0.25) is 0 Å². The molecule has 36 heavy (non-hydrogen) atoms. The summed E-state index contributed by atoms with van der Waals surface area (Å²) in [5.41, 5.74) is 5.25. The summed E-state index contributed by atoms with van der Waals surface area (Å²) < 4.78 is 44.4. The number of hydrogen-bond donors (Lipinski definition) is 0. The molecule has 0 radical (unpaired) electrons. The summed E-state index contributed by atoms with van der Waals surface area (Å²) in [4.78, 5) is 0. The van der Waals surface area contributed by atoms with Gasteiger partial charge in [-0.2, -0.15) is 0 Å². The number of benzene rings is 4. The molecular weight excluding hydrogens is 453 g/mol. The van der Waals surface area contributed by atoms with Gasteiger partial charge < -0.3 is 0 Å². The number of aryl methyl sites for hydroxylation is 2. The van der Waals surface area contributed by atoms with Crippen molar-refractivity contribution < 1.29 is 13.2 Å². The van der Waals surface area contributed by atoms with Crippen LogP contribution < -0.4 is 0 Å². The fourth-order valence-electron chi connectivity index (χ4n) is 4.34. The molecule has 4 aromatic rings. The van der Waals surface area contributed by atoms with Gasteiger partial charge in [-0.05, 0) is 53.1 Å². The van der Waals surface area contributed by atoms with Crippen LogP contribution in [-0.2, 0) is 12.8 Å². The number of halogens is 3. The van der Waals surface area contributed by atoms with E-state index in [0.29, 0.717) is 16.7 Å². The lowest BCUT2D eigenvalue weighted by Crippen LogP contribution is -1.94. The van der Waals surface area contributed by atoms with Crippen molar-refractivity contribution in [1.29, 1.82) is 0 Å². The van der Waals surface area contributed by atoms with Gasteiger partial charge in [-0.15, -0.1) is 0 Å². The highest BCUT2D eigenvalue weighted by Gasteiger charge is 2.16. The first kappa shape index (κ1) is 25.5. The molecule has 3 heteroatoms. The average molecular weight is 485 g/mol. The van der Waals surface area contributed by atoms with E-state index in [1.807, 2.05) is 48.5 Å². The molecule has 0 amide bonds. The van der Waals surface area contributed by atoms with Crippen molar-refractivity contribution in [2.75, 3.05) is 0 Å². The van der Waals surface area contributed by atoms with Gasteiger partial charge in [0.05, 0.1) is 0 Å². The van der Waals surface area contributed by atoms with Gasteiger partial charge in [0, 0.05) is 16.7 Å². The third-order valence-electron chi connectivity index (χ3n) is 6.45. The quantitative estimate of drug-likeness (QED) is 0.207. The second kappa shape index (κ2) is 11.9. The topological polar surface area (TPSA) is 0 Å². The summed E-state index contributed by atoms with van der Waals surface area (Å²) >= 11 is 0. The van der Waals surface area contributed by atoms with E-state index in [1.165, 1.54) is 5.56 Å². The zero-order chi connectivity index (χ0) is 25.5. The molecule has 0 saturated carbocycles. The lowest BCUT2D eigenvalue weighted by atomic mass is 9.97. The van der Waals surface area contributed by atoms with Crippen LogP contribution in [0, 0.1) is 17.5 Å². The van der Waals surface area contributed by atoms with Crippen LogP contribution in [0.5, 0.6) is 0 Å². The first-order valence-electron chi connectivity index (χ1n) is 12.6. The van der Waals surface area contributed by atoms with Crippen LogP contribution in [0.25, 0.3) is 34.4 Å². The van der Waals surface area contributed by atoms with Gasteiger partial charge in [0.2, 0.25) is 0 Å². The molecule has 0 nitrogen and oxygen atoms in total. The van der Waals surface area contributed by atoms with Crippen LogP contribution in [0.1, 0.15) is 55.4 Å². The van der Waals surface area contributed by atoms with E-state index in [2.05, 4.69) is 13.8 Å². The van der Waals surface area contributed by atoms with Crippen LogP contribution >= 0.6 is 0 Å². The van der Waals surface area contributed by atoms with Crippen LogP contribution in [0.4, 0.5) is 13.2 Å². The number of rotatable bonds is 9. The molecule has 0 N–H and O–H groups in total. The van der Waals surface area contributed by atoms with Crippen LogP contribution in [0.3, 0.4) is 0 Å². The summed E-state index contributed by atoms with van der Waals surface area (Å²) in [5.74, 6) is -1.95. The van der Waals surface area contributed by atoms with Gasteiger partial charge in [-0.25, -0.2) is 13.2 Å². The largest absolute Gasteiger partial charge is 0.206 e. The van der Waals surface area contributed by atoms with Crippen LogP contribution in [0.2, 0.25) is 0 Å². The zero-order valence-electron chi connectivity index (χ0n) is 20.8. The van der Waals surface area contributed by atoms with Crippen LogP contribution in [-0.4, -0.2) is 0 Å². The molecule has 0 aliphatic carbocycles. The third-order valence-corrected chi connectivity index (χ3v) is 6.45. The summed E-state index contributed by atoms with van der Waals surface area (Å²) in [7, 11) is 0. The molecule has 0 aliphatic heterocycles. The van der Waals surface area contributed by atoms with Gasteiger partial charge in [0.15, 0.2) is 11.6 Å². The molecule has 0 atom stereocenters. The molecule has 184 valence electrons. The number of unbranched alkanes of at least 4 members (excludes halogenated alkanes) is 1. The van der Waals surface area contributed by atoms with Crippen molar-refractivity contribution in [3.05, 3.63) is 119 Å². The Balaban J connectivity index is 1.51. The van der Waals surface area contributed by atoms with Crippen molar-refractivity contribution in [3.63, 3.8) is 0 Å². The molecule has 0 unspecified atom stereocenters. The minimum absolute atomic E-state index is 0.211. The van der Waals surface area contributed by atoms with E-state index in [9.17, 15) is 8.78 Å². The number of hydrogen-bond acceptors (Lipinski definition) is 0. The fraction of sp³-hybridized carbons (Fsp3) is 0.212. The lowest BCUT2D eigenvalue weighted by molar-refractivity contribution is 0.514. The fourth-order valence-corrected chi connectivity index (χ4v) is 4.34. The highest BCUT2D eigenvalue weighted by Crippen LogP contribution is 2.32. The van der Waals surface area contributed by atoms with E-state index in [-0.39, 0.29) is 16.9 Å². The van der Waals surface area contributed by atoms with Crippen molar-refractivity contribution >= 4 is 12.2 Å². The Morgan fingerprint density at radius 2 is 1.17 bits per heavy atom. The maximum absolute atomic E-state index is 15.0. The smallest absolute Gasteiger partial charge is 0.167 e. The predicted molar refractivity (Wildman–Crippen MR) is 145 cm³/mol. The first-order valence-corrected chi connectivity index (χ1v) is 12.6. The molecule has 4 aromatic carbocycles. The van der Waals surface area contributed by atoms with E-state index in [4.69, 9.17) is 0 Å². The van der Waals surface area contributed by atoms with Crippen molar-refractivity contribution in [1.82, 2.24) is 0 Å². The van der Waals surface area contributed by atoms with Gasteiger partial charge in [0.1, 0.15) is 5.82 Å². The zero-order valence-corrected chi connectivity index (χ0v) is 20.8.